The lowest BCUT2D eigenvalue weighted by molar-refractivity contribution is 0.112. The topological polar surface area (TPSA) is 69.0 Å². The molecular formula is C16H13ClN2O3S. The number of hydrogen-bond acceptors (Lipinski definition) is 4. The van der Waals surface area contributed by atoms with E-state index in [1.165, 1.54) is 12.4 Å². The molecule has 1 aromatic carbocycles. The van der Waals surface area contributed by atoms with E-state index in [0.717, 1.165) is 9.54 Å². The molecule has 0 atom stereocenters. The molecule has 23 heavy (non-hydrogen) atoms. The Morgan fingerprint density at radius 1 is 1.17 bits per heavy atom. The third-order valence-electron chi connectivity index (χ3n) is 3.64. The van der Waals surface area contributed by atoms with Crippen LogP contribution in [0, 0.1) is 13.8 Å². The maximum Gasteiger partial charge on any atom is 0.269 e. The number of carbonyl (C=O) groups is 1. The summed E-state index contributed by atoms with van der Waals surface area (Å²) in [6.07, 6.45) is 3.34. The van der Waals surface area contributed by atoms with Crippen LogP contribution in [0.2, 0.25) is 5.02 Å². The standard InChI is InChI=1S/C16H13ClN2O3S/c1-10-3-5-13(6-4-10)23(21,22)19-8-11(2)14-15(17)12(9-20)7-18-16(14)19/h3-9H,1-2H3. The van der Waals surface area contributed by atoms with Crippen molar-refractivity contribution in [2.75, 3.05) is 0 Å². The molecule has 0 radical (unpaired) electrons. The van der Waals surface area contributed by atoms with Crippen LogP contribution in [0.1, 0.15) is 21.5 Å². The van der Waals surface area contributed by atoms with Gasteiger partial charge in [0, 0.05) is 17.8 Å². The minimum absolute atomic E-state index is 0.164. The van der Waals surface area contributed by atoms with Gasteiger partial charge in [-0.05, 0) is 31.5 Å². The van der Waals surface area contributed by atoms with E-state index < -0.39 is 10.0 Å². The van der Waals surface area contributed by atoms with Crippen molar-refractivity contribution in [1.29, 1.82) is 0 Å². The third kappa shape index (κ3) is 2.44. The minimum Gasteiger partial charge on any atom is -0.298 e. The summed E-state index contributed by atoms with van der Waals surface area (Å²) in [5.74, 6) is 0. The fourth-order valence-corrected chi connectivity index (χ4v) is 4.10. The molecule has 0 aliphatic heterocycles. The number of fused-ring (bicyclic) bond motifs is 1. The number of hydrogen-bond donors (Lipinski definition) is 0. The summed E-state index contributed by atoms with van der Waals surface area (Å²) in [5, 5.41) is 0.673. The van der Waals surface area contributed by atoms with Gasteiger partial charge in [-0.1, -0.05) is 29.3 Å². The highest BCUT2D eigenvalue weighted by Crippen LogP contribution is 2.31. The van der Waals surface area contributed by atoms with Crippen molar-refractivity contribution in [3.05, 3.63) is 58.4 Å². The van der Waals surface area contributed by atoms with E-state index in [9.17, 15) is 13.2 Å². The van der Waals surface area contributed by atoms with Crippen molar-refractivity contribution >= 4 is 38.9 Å². The molecule has 0 spiro atoms. The van der Waals surface area contributed by atoms with Gasteiger partial charge in [0.05, 0.1) is 15.5 Å². The predicted octanol–water partition coefficient (Wildman–Crippen LogP) is 3.36. The zero-order valence-electron chi connectivity index (χ0n) is 12.4. The Morgan fingerprint density at radius 3 is 2.43 bits per heavy atom. The zero-order valence-corrected chi connectivity index (χ0v) is 14.0. The van der Waals surface area contributed by atoms with Crippen molar-refractivity contribution in [2.45, 2.75) is 18.7 Å². The Kier molecular flexibility index (Phi) is 3.74. The van der Waals surface area contributed by atoms with Crippen molar-refractivity contribution < 1.29 is 13.2 Å². The maximum atomic E-state index is 12.8. The molecule has 2 aromatic heterocycles. The molecule has 0 amide bonds. The first-order valence-corrected chi connectivity index (χ1v) is 8.61. The zero-order chi connectivity index (χ0) is 16.8. The van der Waals surface area contributed by atoms with Gasteiger partial charge in [-0.25, -0.2) is 17.4 Å². The lowest BCUT2D eigenvalue weighted by Gasteiger charge is -2.07. The van der Waals surface area contributed by atoms with Crippen LogP contribution in [-0.2, 0) is 10.0 Å². The molecule has 3 aromatic rings. The summed E-state index contributed by atoms with van der Waals surface area (Å²) in [4.78, 5) is 15.3. The average molecular weight is 349 g/mol. The normalized spacial score (nSPS) is 11.8. The molecule has 0 saturated carbocycles. The van der Waals surface area contributed by atoms with Gasteiger partial charge >= 0.3 is 0 Å². The van der Waals surface area contributed by atoms with Crippen LogP contribution >= 0.6 is 11.6 Å². The average Bonchev–Trinajstić information content (AvgIpc) is 2.87. The fraction of sp³-hybridized carbons (Fsp3) is 0.125. The van der Waals surface area contributed by atoms with Gasteiger partial charge < -0.3 is 0 Å². The Balaban J connectivity index is 2.30. The Morgan fingerprint density at radius 2 is 1.83 bits per heavy atom. The number of aromatic nitrogens is 2. The maximum absolute atomic E-state index is 12.8. The van der Waals surface area contributed by atoms with Gasteiger partial charge in [0.25, 0.3) is 10.0 Å². The first-order chi connectivity index (χ1) is 10.9. The first-order valence-electron chi connectivity index (χ1n) is 6.80. The summed E-state index contributed by atoms with van der Waals surface area (Å²) in [6.45, 7) is 3.61. The van der Waals surface area contributed by atoms with Crippen LogP contribution in [0.4, 0.5) is 0 Å². The Labute approximate surface area is 138 Å². The van der Waals surface area contributed by atoms with Crippen molar-refractivity contribution in [3.8, 4) is 0 Å². The van der Waals surface area contributed by atoms with Crippen LogP contribution in [0.3, 0.4) is 0 Å². The molecule has 0 fully saturated rings. The van der Waals surface area contributed by atoms with Gasteiger partial charge in [-0.3, -0.25) is 4.79 Å². The monoisotopic (exact) mass is 348 g/mol. The molecule has 7 heteroatoms. The van der Waals surface area contributed by atoms with Crippen LogP contribution in [-0.4, -0.2) is 23.7 Å². The van der Waals surface area contributed by atoms with Crippen molar-refractivity contribution in [1.82, 2.24) is 8.96 Å². The SMILES string of the molecule is Cc1ccc(S(=O)(=O)n2cc(C)c3c(Cl)c(C=O)cnc32)cc1. The largest absolute Gasteiger partial charge is 0.298 e. The highest BCUT2D eigenvalue weighted by molar-refractivity contribution is 7.90. The van der Waals surface area contributed by atoms with E-state index in [-0.39, 0.29) is 21.1 Å². The van der Waals surface area contributed by atoms with Gasteiger partial charge in [0.15, 0.2) is 11.9 Å². The summed E-state index contributed by atoms with van der Waals surface area (Å²) < 4.78 is 26.8. The van der Waals surface area contributed by atoms with Crippen LogP contribution < -0.4 is 0 Å². The van der Waals surface area contributed by atoms with E-state index in [2.05, 4.69) is 4.98 Å². The summed E-state index contributed by atoms with van der Waals surface area (Å²) in [7, 11) is -3.79. The predicted molar refractivity (Wildman–Crippen MR) is 88.6 cm³/mol. The lowest BCUT2D eigenvalue weighted by atomic mass is 10.2. The van der Waals surface area contributed by atoms with E-state index in [0.29, 0.717) is 17.2 Å². The highest BCUT2D eigenvalue weighted by Gasteiger charge is 2.23. The minimum atomic E-state index is -3.79. The highest BCUT2D eigenvalue weighted by atomic mass is 35.5. The van der Waals surface area contributed by atoms with Crippen molar-refractivity contribution in [3.63, 3.8) is 0 Å². The number of pyridine rings is 1. The number of aldehydes is 1. The lowest BCUT2D eigenvalue weighted by Crippen LogP contribution is -2.12. The van der Waals surface area contributed by atoms with E-state index in [1.54, 1.807) is 31.2 Å². The molecule has 0 unspecified atom stereocenters. The second kappa shape index (κ2) is 5.47. The van der Waals surface area contributed by atoms with Crippen LogP contribution in [0.25, 0.3) is 11.0 Å². The Bertz CT molecular complexity index is 1020. The number of carbonyl (C=O) groups excluding carboxylic acids is 1. The van der Waals surface area contributed by atoms with Gasteiger partial charge in [-0.15, -0.1) is 0 Å². The second-order valence-electron chi connectivity index (χ2n) is 5.27. The van der Waals surface area contributed by atoms with Crippen LogP contribution in [0.15, 0.2) is 41.6 Å². The number of nitrogens with zero attached hydrogens (tertiary/aromatic N) is 2. The van der Waals surface area contributed by atoms with Gasteiger partial charge in [-0.2, -0.15) is 0 Å². The first kappa shape index (κ1) is 15.7. The molecule has 0 aliphatic rings. The molecule has 0 N–H and O–H groups in total. The fourth-order valence-electron chi connectivity index (χ4n) is 2.40. The quantitative estimate of drug-likeness (QED) is 0.680. The molecular weight excluding hydrogens is 336 g/mol. The summed E-state index contributed by atoms with van der Waals surface area (Å²) in [6, 6.07) is 6.56. The molecule has 0 aliphatic carbocycles. The van der Waals surface area contributed by atoms with E-state index in [1.807, 2.05) is 6.92 Å². The molecule has 3 rings (SSSR count). The Hall–Kier alpha value is -2.18. The number of aryl methyl sites for hydroxylation is 2. The number of rotatable bonds is 3. The van der Waals surface area contributed by atoms with Crippen LogP contribution in [0.5, 0.6) is 0 Å². The molecule has 2 heterocycles. The number of halogens is 1. The number of benzene rings is 1. The summed E-state index contributed by atoms with van der Waals surface area (Å²) in [5.41, 5.74) is 2.04. The molecule has 0 bridgehead atoms. The van der Waals surface area contributed by atoms with E-state index >= 15 is 0 Å². The second-order valence-corrected chi connectivity index (χ2v) is 7.46. The molecule has 0 saturated heterocycles. The van der Waals surface area contributed by atoms with E-state index in [4.69, 9.17) is 11.6 Å². The molecule has 118 valence electrons. The molecule has 5 nitrogen and oxygen atoms in total. The third-order valence-corrected chi connectivity index (χ3v) is 5.71. The van der Waals surface area contributed by atoms with Gasteiger partial charge in [0.1, 0.15) is 0 Å². The smallest absolute Gasteiger partial charge is 0.269 e. The van der Waals surface area contributed by atoms with Crippen molar-refractivity contribution in [2.24, 2.45) is 0 Å². The summed E-state index contributed by atoms with van der Waals surface area (Å²) >= 11 is 6.20. The van der Waals surface area contributed by atoms with Gasteiger partial charge in [0.2, 0.25) is 0 Å².